The lowest BCUT2D eigenvalue weighted by atomic mass is 9.78. The summed E-state index contributed by atoms with van der Waals surface area (Å²) in [7, 11) is -0.349. The van der Waals surface area contributed by atoms with Crippen LogP contribution in [0.15, 0.2) is 18.2 Å². The molecular formula is C16H23BO3. The zero-order valence-corrected chi connectivity index (χ0v) is 12.8. The Morgan fingerprint density at radius 3 is 2.30 bits per heavy atom. The van der Waals surface area contributed by atoms with Crippen LogP contribution in [0.1, 0.15) is 46.1 Å². The maximum Gasteiger partial charge on any atom is 0.494 e. The molecule has 0 bridgehead atoms. The topological polar surface area (TPSA) is 38.7 Å². The van der Waals surface area contributed by atoms with Gasteiger partial charge in [0, 0.05) is 0 Å². The van der Waals surface area contributed by atoms with Crippen LogP contribution in [0.3, 0.4) is 0 Å². The standard InChI is InChI=1S/C16H23BO3/c1-15(2)16(3,4)20-17(19-15)13-7-8-14(18)12(10-13)9-11-5-6-11/h7-8,10-11,18H,5-6,9H2,1-4H3. The van der Waals surface area contributed by atoms with E-state index in [1.165, 1.54) is 12.8 Å². The third kappa shape index (κ3) is 2.47. The van der Waals surface area contributed by atoms with E-state index in [1.807, 2.05) is 12.1 Å². The van der Waals surface area contributed by atoms with Gasteiger partial charge in [-0.05, 0) is 70.0 Å². The van der Waals surface area contributed by atoms with E-state index in [1.54, 1.807) is 6.07 Å². The van der Waals surface area contributed by atoms with Gasteiger partial charge in [0.15, 0.2) is 0 Å². The molecule has 2 fully saturated rings. The van der Waals surface area contributed by atoms with Crippen molar-refractivity contribution in [1.29, 1.82) is 0 Å². The molecule has 1 saturated heterocycles. The Morgan fingerprint density at radius 1 is 1.15 bits per heavy atom. The van der Waals surface area contributed by atoms with Crippen molar-refractivity contribution in [3.05, 3.63) is 23.8 Å². The van der Waals surface area contributed by atoms with Crippen LogP contribution in [-0.4, -0.2) is 23.4 Å². The van der Waals surface area contributed by atoms with Crippen LogP contribution >= 0.6 is 0 Å². The second-order valence-electron chi connectivity index (χ2n) is 7.12. The Morgan fingerprint density at radius 2 is 1.75 bits per heavy atom. The molecule has 0 aromatic heterocycles. The number of rotatable bonds is 3. The molecule has 1 saturated carbocycles. The number of hydrogen-bond acceptors (Lipinski definition) is 3. The lowest BCUT2D eigenvalue weighted by Gasteiger charge is -2.32. The molecule has 2 aliphatic rings. The fourth-order valence-electron chi connectivity index (χ4n) is 2.53. The Hall–Kier alpha value is -0.995. The number of aromatic hydroxyl groups is 1. The smallest absolute Gasteiger partial charge is 0.494 e. The van der Waals surface area contributed by atoms with Crippen molar-refractivity contribution in [2.75, 3.05) is 0 Å². The molecule has 0 unspecified atom stereocenters. The summed E-state index contributed by atoms with van der Waals surface area (Å²) in [5, 5.41) is 9.98. The summed E-state index contributed by atoms with van der Waals surface area (Å²) in [6.45, 7) is 8.22. The highest BCUT2D eigenvalue weighted by molar-refractivity contribution is 6.62. The van der Waals surface area contributed by atoms with Gasteiger partial charge in [0.25, 0.3) is 0 Å². The third-order valence-electron chi connectivity index (χ3n) is 4.83. The van der Waals surface area contributed by atoms with E-state index in [9.17, 15) is 5.11 Å². The summed E-state index contributed by atoms with van der Waals surface area (Å²) in [4.78, 5) is 0. The number of hydrogen-bond donors (Lipinski definition) is 1. The van der Waals surface area contributed by atoms with E-state index in [0.29, 0.717) is 5.75 Å². The molecule has 3 rings (SSSR count). The van der Waals surface area contributed by atoms with Crippen molar-refractivity contribution < 1.29 is 14.4 Å². The summed E-state index contributed by atoms with van der Waals surface area (Å²) >= 11 is 0. The van der Waals surface area contributed by atoms with Crippen LogP contribution in [0.4, 0.5) is 0 Å². The molecule has 0 atom stereocenters. The summed E-state index contributed by atoms with van der Waals surface area (Å²) in [5.41, 5.74) is 1.36. The predicted molar refractivity (Wildman–Crippen MR) is 80.3 cm³/mol. The van der Waals surface area contributed by atoms with Crippen molar-refractivity contribution in [3.63, 3.8) is 0 Å². The molecule has 0 radical (unpaired) electrons. The minimum Gasteiger partial charge on any atom is -0.508 e. The van der Waals surface area contributed by atoms with Crippen molar-refractivity contribution in [3.8, 4) is 5.75 Å². The quantitative estimate of drug-likeness (QED) is 0.861. The maximum absolute atomic E-state index is 9.98. The second kappa shape index (κ2) is 4.50. The van der Waals surface area contributed by atoms with E-state index < -0.39 is 0 Å². The number of phenolic OH excluding ortho intramolecular Hbond substituents is 1. The van der Waals surface area contributed by atoms with E-state index in [-0.39, 0.29) is 18.3 Å². The summed E-state index contributed by atoms with van der Waals surface area (Å²) in [6.07, 6.45) is 3.51. The molecule has 1 aliphatic carbocycles. The van der Waals surface area contributed by atoms with Gasteiger partial charge in [-0.1, -0.05) is 12.1 Å². The highest BCUT2D eigenvalue weighted by Gasteiger charge is 2.51. The van der Waals surface area contributed by atoms with Crippen molar-refractivity contribution in [2.24, 2.45) is 5.92 Å². The molecule has 1 aromatic rings. The molecule has 1 N–H and O–H groups in total. The van der Waals surface area contributed by atoms with Gasteiger partial charge in [-0.15, -0.1) is 0 Å². The molecule has 108 valence electrons. The fourth-order valence-corrected chi connectivity index (χ4v) is 2.53. The monoisotopic (exact) mass is 274 g/mol. The van der Waals surface area contributed by atoms with Gasteiger partial charge in [-0.3, -0.25) is 0 Å². The van der Waals surface area contributed by atoms with Crippen molar-refractivity contribution >= 4 is 12.6 Å². The Labute approximate surface area is 121 Å². The Bertz CT molecular complexity index is 504. The third-order valence-corrected chi connectivity index (χ3v) is 4.83. The SMILES string of the molecule is CC1(C)OB(c2ccc(O)c(CC3CC3)c2)OC1(C)C. The number of benzene rings is 1. The molecule has 20 heavy (non-hydrogen) atoms. The average Bonchev–Trinajstić information content (AvgIpc) is 3.10. The first kappa shape index (κ1) is 14.0. The molecule has 0 spiro atoms. The summed E-state index contributed by atoms with van der Waals surface area (Å²) < 4.78 is 12.1. The van der Waals surface area contributed by atoms with Gasteiger partial charge in [0.05, 0.1) is 11.2 Å². The van der Waals surface area contributed by atoms with Crippen LogP contribution in [-0.2, 0) is 15.7 Å². The van der Waals surface area contributed by atoms with Crippen LogP contribution < -0.4 is 5.46 Å². The molecule has 4 heteroatoms. The first-order valence-corrected chi connectivity index (χ1v) is 7.46. The van der Waals surface area contributed by atoms with E-state index in [0.717, 1.165) is 23.4 Å². The van der Waals surface area contributed by atoms with Gasteiger partial charge < -0.3 is 14.4 Å². The molecule has 3 nitrogen and oxygen atoms in total. The van der Waals surface area contributed by atoms with Crippen molar-refractivity contribution in [2.45, 2.75) is 58.2 Å². The summed E-state index contributed by atoms with van der Waals surface area (Å²) in [5.74, 6) is 1.13. The first-order chi connectivity index (χ1) is 9.28. The van der Waals surface area contributed by atoms with Gasteiger partial charge in [0.2, 0.25) is 0 Å². The van der Waals surface area contributed by atoms with Gasteiger partial charge in [0.1, 0.15) is 5.75 Å². The molecule has 0 amide bonds. The summed E-state index contributed by atoms with van der Waals surface area (Å²) in [6, 6.07) is 5.70. The van der Waals surface area contributed by atoms with Crippen molar-refractivity contribution in [1.82, 2.24) is 0 Å². The zero-order valence-electron chi connectivity index (χ0n) is 12.8. The lowest BCUT2D eigenvalue weighted by molar-refractivity contribution is 0.00578. The molecular weight excluding hydrogens is 251 g/mol. The fraction of sp³-hybridized carbons (Fsp3) is 0.625. The minimum absolute atomic E-state index is 0.327. The highest BCUT2D eigenvalue weighted by Crippen LogP contribution is 2.37. The number of phenols is 1. The van der Waals surface area contributed by atoms with E-state index in [4.69, 9.17) is 9.31 Å². The van der Waals surface area contributed by atoms with Crippen LogP contribution in [0, 0.1) is 5.92 Å². The molecule has 1 aromatic carbocycles. The van der Waals surface area contributed by atoms with Gasteiger partial charge >= 0.3 is 7.12 Å². The predicted octanol–water partition coefficient (Wildman–Crippen LogP) is 2.64. The lowest BCUT2D eigenvalue weighted by Crippen LogP contribution is -2.41. The zero-order chi connectivity index (χ0) is 14.5. The Kier molecular flexibility index (Phi) is 3.14. The van der Waals surface area contributed by atoms with Crippen LogP contribution in [0.25, 0.3) is 0 Å². The largest absolute Gasteiger partial charge is 0.508 e. The minimum atomic E-state index is -0.349. The normalized spacial score (nSPS) is 24.1. The van der Waals surface area contributed by atoms with Gasteiger partial charge in [-0.25, -0.2) is 0 Å². The van der Waals surface area contributed by atoms with E-state index >= 15 is 0 Å². The van der Waals surface area contributed by atoms with Gasteiger partial charge in [-0.2, -0.15) is 0 Å². The highest BCUT2D eigenvalue weighted by atomic mass is 16.7. The Balaban J connectivity index is 1.84. The maximum atomic E-state index is 9.98. The first-order valence-electron chi connectivity index (χ1n) is 7.46. The van der Waals surface area contributed by atoms with Crippen LogP contribution in [0.2, 0.25) is 0 Å². The second-order valence-corrected chi connectivity index (χ2v) is 7.12. The molecule has 1 heterocycles. The van der Waals surface area contributed by atoms with Crippen LogP contribution in [0.5, 0.6) is 5.75 Å². The average molecular weight is 274 g/mol. The molecule has 1 aliphatic heterocycles. The van der Waals surface area contributed by atoms with E-state index in [2.05, 4.69) is 27.7 Å².